The van der Waals surface area contributed by atoms with Gasteiger partial charge in [0.25, 0.3) is 0 Å². The average Bonchev–Trinajstić information content (AvgIpc) is 2.59. The number of benzene rings is 2. The molecule has 0 saturated carbocycles. The predicted molar refractivity (Wildman–Crippen MR) is 96.6 cm³/mol. The van der Waals surface area contributed by atoms with Crippen LogP contribution in [-0.4, -0.2) is 5.91 Å². The largest absolute Gasteiger partial charge is 0.326 e. The van der Waals surface area contributed by atoms with Crippen molar-refractivity contribution in [3.63, 3.8) is 0 Å². The van der Waals surface area contributed by atoms with Gasteiger partial charge in [0.1, 0.15) is 0 Å². The predicted octanol–water partition coefficient (Wildman–Crippen LogP) is 4.78. The van der Waals surface area contributed by atoms with Crippen molar-refractivity contribution in [3.05, 3.63) is 70.8 Å². The molecule has 0 aliphatic carbocycles. The third-order valence-electron chi connectivity index (χ3n) is 4.37. The minimum absolute atomic E-state index is 0.120. The van der Waals surface area contributed by atoms with Gasteiger partial charge in [-0.3, -0.25) is 4.79 Å². The van der Waals surface area contributed by atoms with E-state index in [1.54, 1.807) is 0 Å². The Kier molecular flexibility index (Phi) is 4.92. The quantitative estimate of drug-likeness (QED) is 0.846. The van der Waals surface area contributed by atoms with Gasteiger partial charge < -0.3 is 5.32 Å². The lowest BCUT2D eigenvalue weighted by molar-refractivity contribution is -0.116. The molecule has 2 aromatic carbocycles. The molecule has 2 nitrogen and oxygen atoms in total. The van der Waals surface area contributed by atoms with Gasteiger partial charge in [-0.15, -0.1) is 0 Å². The van der Waals surface area contributed by atoms with Crippen LogP contribution in [0.4, 0.5) is 5.69 Å². The molecule has 0 spiro atoms. The second-order valence-corrected chi connectivity index (χ2v) is 6.08. The number of carbonyl (C=O) groups excluding carboxylic acids is 1. The van der Waals surface area contributed by atoms with Crippen LogP contribution in [0.25, 0.3) is 6.08 Å². The molecule has 0 saturated heterocycles. The van der Waals surface area contributed by atoms with Crippen molar-refractivity contribution in [3.8, 4) is 0 Å². The van der Waals surface area contributed by atoms with E-state index in [2.05, 4.69) is 66.9 Å². The minimum Gasteiger partial charge on any atom is -0.326 e. The number of hydrogen-bond donors (Lipinski definition) is 1. The number of anilines is 1. The van der Waals surface area contributed by atoms with Crippen molar-refractivity contribution in [1.82, 2.24) is 0 Å². The van der Waals surface area contributed by atoms with E-state index in [9.17, 15) is 4.79 Å². The summed E-state index contributed by atoms with van der Waals surface area (Å²) < 4.78 is 0. The summed E-state index contributed by atoms with van der Waals surface area (Å²) in [7, 11) is 0. The van der Waals surface area contributed by atoms with E-state index in [0.717, 1.165) is 36.9 Å². The van der Waals surface area contributed by atoms with Gasteiger partial charge in [0.05, 0.1) is 0 Å². The van der Waals surface area contributed by atoms with Gasteiger partial charge in [0.15, 0.2) is 0 Å². The lowest BCUT2D eigenvalue weighted by Crippen LogP contribution is -2.18. The molecule has 118 valence electrons. The molecule has 1 aliphatic heterocycles. The van der Waals surface area contributed by atoms with Gasteiger partial charge in [-0.2, -0.15) is 0 Å². The highest BCUT2D eigenvalue weighted by Crippen LogP contribution is 2.24. The lowest BCUT2D eigenvalue weighted by atomic mass is 10.0. The fourth-order valence-corrected chi connectivity index (χ4v) is 2.90. The molecule has 3 rings (SSSR count). The molecule has 0 radical (unpaired) electrons. The van der Waals surface area contributed by atoms with Gasteiger partial charge in [0.2, 0.25) is 5.91 Å². The third-order valence-corrected chi connectivity index (χ3v) is 4.37. The maximum absolute atomic E-state index is 11.5. The molecular weight excluding hydrogens is 282 g/mol. The summed E-state index contributed by atoms with van der Waals surface area (Å²) >= 11 is 0. The first-order chi connectivity index (χ1) is 11.2. The Bertz CT molecular complexity index is 713. The van der Waals surface area contributed by atoms with Crippen molar-refractivity contribution in [2.24, 2.45) is 0 Å². The fraction of sp³-hybridized carbons (Fsp3) is 0.286. The SMILES string of the molecule is CCc1ccc(CCC=Cc2ccc3c(c2)NC(=O)CC3)cc1. The van der Waals surface area contributed by atoms with Crippen molar-refractivity contribution in [2.45, 2.75) is 39.0 Å². The maximum Gasteiger partial charge on any atom is 0.224 e. The number of nitrogens with one attached hydrogen (secondary N) is 1. The zero-order valence-electron chi connectivity index (χ0n) is 13.6. The number of rotatable bonds is 5. The van der Waals surface area contributed by atoms with E-state index in [1.807, 2.05) is 0 Å². The highest BCUT2D eigenvalue weighted by atomic mass is 16.1. The summed E-state index contributed by atoms with van der Waals surface area (Å²) in [5, 5.41) is 2.95. The molecule has 0 fully saturated rings. The number of hydrogen-bond acceptors (Lipinski definition) is 1. The molecule has 1 N–H and O–H groups in total. The second-order valence-electron chi connectivity index (χ2n) is 6.08. The summed E-state index contributed by atoms with van der Waals surface area (Å²) in [6.07, 6.45) is 8.96. The first-order valence-electron chi connectivity index (χ1n) is 8.42. The smallest absolute Gasteiger partial charge is 0.224 e. The van der Waals surface area contributed by atoms with Crippen LogP contribution in [0.3, 0.4) is 0 Å². The molecule has 0 atom stereocenters. The Morgan fingerprint density at radius 1 is 1.04 bits per heavy atom. The van der Waals surface area contributed by atoms with Gasteiger partial charge >= 0.3 is 0 Å². The first kappa shape index (κ1) is 15.5. The van der Waals surface area contributed by atoms with Gasteiger partial charge in [0, 0.05) is 12.1 Å². The van der Waals surface area contributed by atoms with E-state index in [4.69, 9.17) is 0 Å². The standard InChI is InChI=1S/C21H23NO/c1-2-16-7-9-17(10-8-16)5-3-4-6-18-11-12-19-13-14-21(23)22-20(19)15-18/h4,6-12,15H,2-3,5,13-14H2,1H3,(H,22,23). The summed E-state index contributed by atoms with van der Waals surface area (Å²) in [4.78, 5) is 11.5. The van der Waals surface area contributed by atoms with E-state index in [0.29, 0.717) is 6.42 Å². The van der Waals surface area contributed by atoms with Crippen LogP contribution in [0.15, 0.2) is 48.5 Å². The van der Waals surface area contributed by atoms with Crippen LogP contribution < -0.4 is 5.32 Å². The summed E-state index contributed by atoms with van der Waals surface area (Å²) in [6.45, 7) is 2.18. The highest BCUT2D eigenvalue weighted by molar-refractivity contribution is 5.94. The van der Waals surface area contributed by atoms with Gasteiger partial charge in [-0.1, -0.05) is 55.5 Å². The van der Waals surface area contributed by atoms with Crippen molar-refractivity contribution in [2.75, 3.05) is 5.32 Å². The summed E-state index contributed by atoms with van der Waals surface area (Å²) in [5.74, 6) is 0.120. The Morgan fingerprint density at radius 2 is 1.83 bits per heavy atom. The van der Waals surface area contributed by atoms with Crippen LogP contribution in [0.5, 0.6) is 0 Å². The average molecular weight is 305 g/mol. The van der Waals surface area contributed by atoms with Crippen molar-refractivity contribution < 1.29 is 4.79 Å². The Labute approximate surface area is 138 Å². The molecule has 1 heterocycles. The number of allylic oxidation sites excluding steroid dienone is 1. The van der Waals surface area contributed by atoms with Crippen molar-refractivity contribution in [1.29, 1.82) is 0 Å². The number of amides is 1. The molecule has 0 aromatic heterocycles. The van der Waals surface area contributed by atoms with Gasteiger partial charge in [-0.25, -0.2) is 0 Å². The van der Waals surface area contributed by atoms with E-state index in [-0.39, 0.29) is 5.91 Å². The monoisotopic (exact) mass is 305 g/mol. The fourth-order valence-electron chi connectivity index (χ4n) is 2.90. The molecule has 1 amide bonds. The number of carbonyl (C=O) groups is 1. The lowest BCUT2D eigenvalue weighted by Gasteiger charge is -2.16. The Morgan fingerprint density at radius 3 is 2.61 bits per heavy atom. The highest BCUT2D eigenvalue weighted by Gasteiger charge is 2.13. The van der Waals surface area contributed by atoms with E-state index in [1.165, 1.54) is 16.7 Å². The molecule has 23 heavy (non-hydrogen) atoms. The second kappa shape index (κ2) is 7.28. The normalized spacial score (nSPS) is 13.9. The Balaban J connectivity index is 1.57. The van der Waals surface area contributed by atoms with Crippen LogP contribution in [0.2, 0.25) is 0 Å². The van der Waals surface area contributed by atoms with E-state index >= 15 is 0 Å². The molecule has 2 heteroatoms. The zero-order chi connectivity index (χ0) is 16.1. The Hall–Kier alpha value is -2.35. The van der Waals surface area contributed by atoms with Crippen LogP contribution >= 0.6 is 0 Å². The van der Waals surface area contributed by atoms with Crippen molar-refractivity contribution >= 4 is 17.7 Å². The molecule has 1 aliphatic rings. The van der Waals surface area contributed by atoms with Crippen LogP contribution in [0, 0.1) is 0 Å². The first-order valence-corrected chi connectivity index (χ1v) is 8.42. The zero-order valence-corrected chi connectivity index (χ0v) is 13.6. The minimum atomic E-state index is 0.120. The third kappa shape index (κ3) is 4.10. The molecule has 0 unspecified atom stereocenters. The number of aryl methyl sites for hydroxylation is 3. The molecular formula is C21H23NO. The molecule has 0 bridgehead atoms. The molecule has 2 aromatic rings. The maximum atomic E-state index is 11.5. The number of fused-ring (bicyclic) bond motifs is 1. The van der Waals surface area contributed by atoms with Gasteiger partial charge in [-0.05, 0) is 54.0 Å². The summed E-state index contributed by atoms with van der Waals surface area (Å²) in [6, 6.07) is 15.2. The summed E-state index contributed by atoms with van der Waals surface area (Å²) in [5.41, 5.74) is 6.12. The topological polar surface area (TPSA) is 29.1 Å². The van der Waals surface area contributed by atoms with E-state index < -0.39 is 0 Å². The van der Waals surface area contributed by atoms with Crippen LogP contribution in [-0.2, 0) is 24.1 Å². The van der Waals surface area contributed by atoms with Crippen LogP contribution in [0.1, 0.15) is 42.0 Å².